The number of halogens is 1. The number of phenols is 1. The van der Waals surface area contributed by atoms with E-state index in [-0.39, 0.29) is 23.2 Å². The van der Waals surface area contributed by atoms with Crippen molar-refractivity contribution in [2.24, 2.45) is 0 Å². The molecule has 1 aromatic carbocycles. The molecule has 0 heterocycles. The maximum Gasteiger partial charge on any atom is 0.251 e. The number of phenolic OH excluding ortho intramolecular Hbond substituents is 1. The van der Waals surface area contributed by atoms with Crippen LogP contribution >= 0.6 is 11.6 Å². The average molecular weight is 244 g/mol. The third kappa shape index (κ3) is 3.40. The van der Waals surface area contributed by atoms with Crippen molar-refractivity contribution in [2.75, 3.05) is 6.54 Å². The van der Waals surface area contributed by atoms with Gasteiger partial charge in [0.15, 0.2) is 0 Å². The lowest BCUT2D eigenvalue weighted by atomic mass is 10.2. The van der Waals surface area contributed by atoms with Crippen LogP contribution in [0.3, 0.4) is 0 Å². The first-order valence-corrected chi connectivity index (χ1v) is 5.37. The number of rotatable bonds is 4. The first-order valence-electron chi connectivity index (χ1n) is 4.99. The van der Waals surface area contributed by atoms with E-state index in [0.717, 1.165) is 0 Å². The molecular weight excluding hydrogens is 230 g/mol. The predicted molar refractivity (Wildman–Crippen MR) is 61.7 cm³/mol. The molecule has 0 radical (unpaired) electrons. The Morgan fingerprint density at radius 1 is 1.56 bits per heavy atom. The molecule has 0 bridgehead atoms. The molecule has 5 heteroatoms. The van der Waals surface area contributed by atoms with Crippen molar-refractivity contribution in [1.82, 2.24) is 5.32 Å². The van der Waals surface area contributed by atoms with E-state index in [1.165, 1.54) is 18.2 Å². The zero-order valence-electron chi connectivity index (χ0n) is 8.90. The van der Waals surface area contributed by atoms with Gasteiger partial charge in [0.1, 0.15) is 5.75 Å². The third-order valence-corrected chi connectivity index (χ3v) is 2.48. The highest BCUT2D eigenvalue weighted by atomic mass is 35.5. The fourth-order valence-corrected chi connectivity index (χ4v) is 1.29. The Labute approximate surface area is 98.9 Å². The van der Waals surface area contributed by atoms with Crippen LogP contribution in [0.15, 0.2) is 18.2 Å². The Balaban J connectivity index is 2.63. The van der Waals surface area contributed by atoms with Gasteiger partial charge < -0.3 is 15.5 Å². The van der Waals surface area contributed by atoms with Crippen molar-refractivity contribution in [3.05, 3.63) is 28.8 Å². The van der Waals surface area contributed by atoms with Crippen LogP contribution in [0.4, 0.5) is 0 Å². The molecule has 0 aliphatic rings. The van der Waals surface area contributed by atoms with E-state index >= 15 is 0 Å². The number of amides is 1. The smallest absolute Gasteiger partial charge is 0.251 e. The first-order chi connectivity index (χ1) is 7.54. The standard InChI is InChI=1S/C11H14ClNO3/c1-2-8(14)6-13-11(16)7-3-4-10(15)9(12)5-7/h3-5,8,14-15H,2,6H2,1H3,(H,13,16). The molecule has 1 rings (SSSR count). The Hall–Kier alpha value is -1.26. The van der Waals surface area contributed by atoms with Crippen LogP contribution in [0.1, 0.15) is 23.7 Å². The topological polar surface area (TPSA) is 69.6 Å². The summed E-state index contributed by atoms with van der Waals surface area (Å²) in [6, 6.07) is 4.20. The van der Waals surface area contributed by atoms with Gasteiger partial charge in [0, 0.05) is 12.1 Å². The molecule has 1 aromatic rings. The van der Waals surface area contributed by atoms with Crippen molar-refractivity contribution in [3.63, 3.8) is 0 Å². The molecule has 0 saturated carbocycles. The highest BCUT2D eigenvalue weighted by Crippen LogP contribution is 2.23. The van der Waals surface area contributed by atoms with Crippen LogP contribution in [-0.4, -0.2) is 28.8 Å². The number of hydrogen-bond donors (Lipinski definition) is 3. The zero-order chi connectivity index (χ0) is 12.1. The predicted octanol–water partition coefficient (Wildman–Crippen LogP) is 1.55. The van der Waals surface area contributed by atoms with Gasteiger partial charge in [-0.05, 0) is 24.6 Å². The Morgan fingerprint density at radius 2 is 2.25 bits per heavy atom. The summed E-state index contributed by atoms with van der Waals surface area (Å²) in [7, 11) is 0. The second-order valence-electron chi connectivity index (χ2n) is 3.44. The molecular formula is C11H14ClNO3. The van der Waals surface area contributed by atoms with Gasteiger partial charge in [-0.2, -0.15) is 0 Å². The van der Waals surface area contributed by atoms with Gasteiger partial charge in [0.25, 0.3) is 5.91 Å². The summed E-state index contributed by atoms with van der Waals surface area (Å²) < 4.78 is 0. The first kappa shape index (κ1) is 12.8. The van der Waals surface area contributed by atoms with Gasteiger partial charge in [-0.25, -0.2) is 0 Å². The number of benzene rings is 1. The molecule has 16 heavy (non-hydrogen) atoms. The molecule has 88 valence electrons. The van der Waals surface area contributed by atoms with Crippen LogP contribution in [-0.2, 0) is 0 Å². The van der Waals surface area contributed by atoms with Crippen LogP contribution in [0, 0.1) is 0 Å². The summed E-state index contributed by atoms with van der Waals surface area (Å²) in [6.45, 7) is 2.03. The SMILES string of the molecule is CCC(O)CNC(=O)c1ccc(O)c(Cl)c1. The molecule has 3 N–H and O–H groups in total. The molecule has 0 aliphatic heterocycles. The minimum atomic E-state index is -0.545. The van der Waals surface area contributed by atoms with Crippen molar-refractivity contribution < 1.29 is 15.0 Å². The largest absolute Gasteiger partial charge is 0.506 e. The quantitative estimate of drug-likeness (QED) is 0.752. The van der Waals surface area contributed by atoms with Crippen LogP contribution in [0.25, 0.3) is 0 Å². The summed E-state index contributed by atoms with van der Waals surface area (Å²) in [6.07, 6.45) is 0.0351. The van der Waals surface area contributed by atoms with Crippen molar-refractivity contribution in [2.45, 2.75) is 19.4 Å². The third-order valence-electron chi connectivity index (χ3n) is 2.18. The van der Waals surface area contributed by atoms with E-state index in [1.807, 2.05) is 6.92 Å². The highest BCUT2D eigenvalue weighted by Gasteiger charge is 2.09. The van der Waals surface area contributed by atoms with Gasteiger partial charge in [-0.1, -0.05) is 18.5 Å². The Bertz CT molecular complexity index is 381. The molecule has 1 amide bonds. The van der Waals surface area contributed by atoms with Crippen LogP contribution in [0.5, 0.6) is 5.75 Å². The fraction of sp³-hybridized carbons (Fsp3) is 0.364. The molecule has 0 fully saturated rings. The monoisotopic (exact) mass is 243 g/mol. The summed E-state index contributed by atoms with van der Waals surface area (Å²) in [5, 5.41) is 21.1. The number of carbonyl (C=O) groups excluding carboxylic acids is 1. The number of aromatic hydroxyl groups is 1. The van der Waals surface area contributed by atoms with Crippen LogP contribution < -0.4 is 5.32 Å². The van der Waals surface area contributed by atoms with Gasteiger partial charge in [-0.15, -0.1) is 0 Å². The van der Waals surface area contributed by atoms with Crippen molar-refractivity contribution in [3.8, 4) is 5.75 Å². The molecule has 4 nitrogen and oxygen atoms in total. The highest BCUT2D eigenvalue weighted by molar-refractivity contribution is 6.32. The maximum absolute atomic E-state index is 11.6. The summed E-state index contributed by atoms with van der Waals surface area (Å²) in [5.41, 5.74) is 0.353. The molecule has 0 aliphatic carbocycles. The van der Waals surface area contributed by atoms with E-state index in [2.05, 4.69) is 5.32 Å². The Kier molecular flexibility index (Phi) is 4.58. The number of nitrogens with one attached hydrogen (secondary N) is 1. The lowest BCUT2D eigenvalue weighted by Crippen LogP contribution is -2.31. The molecule has 1 unspecified atom stereocenters. The second kappa shape index (κ2) is 5.72. The number of hydrogen-bond acceptors (Lipinski definition) is 3. The zero-order valence-corrected chi connectivity index (χ0v) is 9.66. The average Bonchev–Trinajstić information content (AvgIpc) is 2.29. The molecule has 0 aromatic heterocycles. The maximum atomic E-state index is 11.6. The normalized spacial score (nSPS) is 12.2. The molecule has 0 saturated heterocycles. The van der Waals surface area contributed by atoms with E-state index in [4.69, 9.17) is 11.6 Å². The van der Waals surface area contributed by atoms with E-state index < -0.39 is 6.10 Å². The summed E-state index contributed by atoms with van der Waals surface area (Å²) in [5.74, 6) is -0.388. The van der Waals surface area contributed by atoms with E-state index in [9.17, 15) is 15.0 Å². The summed E-state index contributed by atoms with van der Waals surface area (Å²) in [4.78, 5) is 11.6. The number of aliphatic hydroxyl groups is 1. The Morgan fingerprint density at radius 3 is 2.81 bits per heavy atom. The minimum Gasteiger partial charge on any atom is -0.506 e. The van der Waals surface area contributed by atoms with Crippen LogP contribution in [0.2, 0.25) is 5.02 Å². The minimum absolute atomic E-state index is 0.0631. The van der Waals surface area contributed by atoms with Gasteiger partial charge in [-0.3, -0.25) is 4.79 Å². The molecule has 0 spiro atoms. The second-order valence-corrected chi connectivity index (χ2v) is 3.85. The van der Waals surface area contributed by atoms with E-state index in [1.54, 1.807) is 0 Å². The lowest BCUT2D eigenvalue weighted by molar-refractivity contribution is 0.0914. The van der Waals surface area contributed by atoms with Crippen molar-refractivity contribution in [1.29, 1.82) is 0 Å². The number of carbonyl (C=O) groups is 1. The van der Waals surface area contributed by atoms with Gasteiger partial charge in [0.2, 0.25) is 0 Å². The van der Waals surface area contributed by atoms with Gasteiger partial charge >= 0.3 is 0 Å². The molecule has 1 atom stereocenters. The lowest BCUT2D eigenvalue weighted by Gasteiger charge is -2.09. The van der Waals surface area contributed by atoms with Crippen molar-refractivity contribution >= 4 is 17.5 Å². The van der Waals surface area contributed by atoms with E-state index in [0.29, 0.717) is 12.0 Å². The van der Waals surface area contributed by atoms with Gasteiger partial charge in [0.05, 0.1) is 11.1 Å². The fourth-order valence-electron chi connectivity index (χ4n) is 1.11. The summed E-state index contributed by atoms with van der Waals surface area (Å²) >= 11 is 5.67. The number of aliphatic hydroxyl groups excluding tert-OH is 1.